The van der Waals surface area contributed by atoms with E-state index in [1.807, 2.05) is 29.2 Å². The minimum atomic E-state index is 0.0773. The monoisotopic (exact) mass is 300 g/mol. The zero-order valence-corrected chi connectivity index (χ0v) is 12.9. The molecule has 3 fully saturated rings. The fraction of sp³-hybridized carbons (Fsp3) is 0.611. The van der Waals surface area contributed by atoms with Gasteiger partial charge < -0.3 is 15.4 Å². The maximum absolute atomic E-state index is 12.9. The minimum absolute atomic E-state index is 0.0773. The number of rotatable bonds is 4. The van der Waals surface area contributed by atoms with Gasteiger partial charge in [-0.1, -0.05) is 12.1 Å². The molecule has 0 spiro atoms. The maximum atomic E-state index is 12.9. The normalized spacial score (nSPS) is 28.5. The maximum Gasteiger partial charge on any atom is 0.257 e. The van der Waals surface area contributed by atoms with Crippen molar-refractivity contribution >= 4 is 5.91 Å². The molecule has 2 aliphatic carbocycles. The molecule has 1 aliphatic heterocycles. The van der Waals surface area contributed by atoms with Crippen LogP contribution in [0.2, 0.25) is 0 Å². The Hall–Kier alpha value is -1.55. The van der Waals surface area contributed by atoms with E-state index in [1.165, 1.54) is 19.3 Å². The van der Waals surface area contributed by atoms with Crippen molar-refractivity contribution in [3.8, 4) is 5.75 Å². The molecule has 2 saturated carbocycles. The molecule has 4 heteroatoms. The van der Waals surface area contributed by atoms with E-state index in [-0.39, 0.29) is 18.1 Å². The van der Waals surface area contributed by atoms with Crippen LogP contribution < -0.4 is 10.5 Å². The van der Waals surface area contributed by atoms with E-state index < -0.39 is 0 Å². The molecular weight excluding hydrogens is 276 g/mol. The second-order valence-corrected chi connectivity index (χ2v) is 7.04. The van der Waals surface area contributed by atoms with E-state index in [2.05, 4.69) is 0 Å². The zero-order chi connectivity index (χ0) is 15.1. The first kappa shape index (κ1) is 14.1. The third-order valence-corrected chi connectivity index (χ3v) is 5.39. The summed E-state index contributed by atoms with van der Waals surface area (Å²) in [6.07, 6.45) is 6.27. The molecule has 118 valence electrons. The number of amides is 1. The number of hydrogen-bond donors (Lipinski definition) is 1. The van der Waals surface area contributed by atoms with E-state index in [9.17, 15) is 4.79 Å². The molecule has 2 N–H and O–H groups in total. The van der Waals surface area contributed by atoms with Crippen LogP contribution in [0, 0.1) is 11.8 Å². The average Bonchev–Trinajstić information content (AvgIpc) is 3.25. The first-order valence-electron chi connectivity index (χ1n) is 8.53. The summed E-state index contributed by atoms with van der Waals surface area (Å²) in [5, 5.41) is 0. The van der Waals surface area contributed by atoms with Crippen LogP contribution in [0.5, 0.6) is 5.75 Å². The SMILES string of the molecule is N[C@@H]1CN(C(=O)c2ccccc2OC2CCC2)C[C@H]1C1CC1. The van der Waals surface area contributed by atoms with Gasteiger partial charge >= 0.3 is 0 Å². The van der Waals surface area contributed by atoms with E-state index in [4.69, 9.17) is 10.5 Å². The van der Waals surface area contributed by atoms with Crippen LogP contribution in [0.15, 0.2) is 24.3 Å². The van der Waals surface area contributed by atoms with Gasteiger partial charge in [0.25, 0.3) is 5.91 Å². The Morgan fingerprint density at radius 3 is 2.59 bits per heavy atom. The van der Waals surface area contributed by atoms with Crippen LogP contribution in [0.25, 0.3) is 0 Å². The smallest absolute Gasteiger partial charge is 0.257 e. The molecule has 2 atom stereocenters. The Kier molecular flexibility index (Phi) is 3.57. The Labute approximate surface area is 131 Å². The Bertz CT molecular complexity index is 566. The topological polar surface area (TPSA) is 55.6 Å². The van der Waals surface area contributed by atoms with E-state index in [0.717, 1.165) is 31.1 Å². The highest BCUT2D eigenvalue weighted by Crippen LogP contribution is 2.41. The van der Waals surface area contributed by atoms with Gasteiger partial charge in [0.05, 0.1) is 11.7 Å². The molecule has 0 unspecified atom stereocenters. The van der Waals surface area contributed by atoms with Crippen molar-refractivity contribution in [1.29, 1.82) is 0 Å². The molecule has 1 amide bonds. The molecule has 1 heterocycles. The first-order valence-corrected chi connectivity index (χ1v) is 8.53. The molecule has 4 rings (SSSR count). The number of carbonyl (C=O) groups is 1. The number of nitrogens with zero attached hydrogens (tertiary/aromatic N) is 1. The summed E-state index contributed by atoms with van der Waals surface area (Å²) in [5.74, 6) is 2.05. The predicted octanol–water partition coefficient (Wildman–Crippen LogP) is 2.43. The fourth-order valence-corrected chi connectivity index (χ4v) is 3.63. The van der Waals surface area contributed by atoms with Crippen molar-refractivity contribution in [2.24, 2.45) is 17.6 Å². The third-order valence-electron chi connectivity index (χ3n) is 5.39. The lowest BCUT2D eigenvalue weighted by molar-refractivity contribution is 0.0766. The number of ether oxygens (including phenoxy) is 1. The molecule has 0 radical (unpaired) electrons. The van der Waals surface area contributed by atoms with Crippen molar-refractivity contribution in [3.63, 3.8) is 0 Å². The van der Waals surface area contributed by atoms with Gasteiger partial charge in [-0.2, -0.15) is 0 Å². The van der Waals surface area contributed by atoms with Gasteiger partial charge in [-0.15, -0.1) is 0 Å². The van der Waals surface area contributed by atoms with Crippen molar-refractivity contribution < 1.29 is 9.53 Å². The summed E-state index contributed by atoms with van der Waals surface area (Å²) in [4.78, 5) is 14.8. The quantitative estimate of drug-likeness (QED) is 0.929. The Morgan fingerprint density at radius 1 is 1.14 bits per heavy atom. The van der Waals surface area contributed by atoms with E-state index in [0.29, 0.717) is 18.0 Å². The van der Waals surface area contributed by atoms with Gasteiger partial charge in [-0.25, -0.2) is 0 Å². The summed E-state index contributed by atoms with van der Waals surface area (Å²) in [5.41, 5.74) is 6.94. The van der Waals surface area contributed by atoms with Crippen molar-refractivity contribution in [2.75, 3.05) is 13.1 Å². The molecule has 3 aliphatic rings. The molecule has 0 bridgehead atoms. The van der Waals surface area contributed by atoms with Gasteiger partial charge in [0.2, 0.25) is 0 Å². The fourth-order valence-electron chi connectivity index (χ4n) is 3.63. The molecule has 4 nitrogen and oxygen atoms in total. The lowest BCUT2D eigenvalue weighted by atomic mass is 9.96. The number of nitrogens with two attached hydrogens (primary N) is 1. The minimum Gasteiger partial charge on any atom is -0.490 e. The van der Waals surface area contributed by atoms with Crippen LogP contribution in [0.4, 0.5) is 0 Å². The summed E-state index contributed by atoms with van der Waals surface area (Å²) in [7, 11) is 0. The van der Waals surface area contributed by atoms with Crippen LogP contribution in [-0.2, 0) is 0 Å². The first-order chi connectivity index (χ1) is 10.7. The number of para-hydroxylation sites is 1. The van der Waals surface area contributed by atoms with Gasteiger partial charge in [0.15, 0.2) is 0 Å². The number of benzene rings is 1. The van der Waals surface area contributed by atoms with Crippen molar-refractivity contribution in [3.05, 3.63) is 29.8 Å². The van der Waals surface area contributed by atoms with Crippen molar-refractivity contribution in [2.45, 2.75) is 44.2 Å². The molecule has 1 saturated heterocycles. The third kappa shape index (κ3) is 2.60. The molecule has 1 aromatic carbocycles. The molecule has 1 aromatic rings. The van der Waals surface area contributed by atoms with E-state index >= 15 is 0 Å². The standard InChI is InChI=1S/C18H24N2O2/c19-16-11-20(10-15(16)12-8-9-12)18(21)14-6-1-2-7-17(14)22-13-4-3-5-13/h1-2,6-7,12-13,15-16H,3-5,8-11,19H2/t15-,16+/m0/s1. The molecule has 0 aromatic heterocycles. The highest BCUT2D eigenvalue weighted by Gasteiger charge is 2.42. The predicted molar refractivity (Wildman–Crippen MR) is 84.8 cm³/mol. The van der Waals surface area contributed by atoms with Crippen LogP contribution in [0.1, 0.15) is 42.5 Å². The number of likely N-dealkylation sites (tertiary alicyclic amines) is 1. The van der Waals surface area contributed by atoms with Gasteiger partial charge in [0, 0.05) is 19.1 Å². The lowest BCUT2D eigenvalue weighted by Gasteiger charge is -2.28. The average molecular weight is 300 g/mol. The largest absolute Gasteiger partial charge is 0.490 e. The highest BCUT2D eigenvalue weighted by molar-refractivity contribution is 5.97. The lowest BCUT2D eigenvalue weighted by Crippen LogP contribution is -2.33. The zero-order valence-electron chi connectivity index (χ0n) is 12.9. The van der Waals surface area contributed by atoms with Gasteiger partial charge in [-0.3, -0.25) is 4.79 Å². The van der Waals surface area contributed by atoms with E-state index in [1.54, 1.807) is 0 Å². The summed E-state index contributed by atoms with van der Waals surface area (Å²) in [6, 6.07) is 7.78. The van der Waals surface area contributed by atoms with Crippen LogP contribution >= 0.6 is 0 Å². The second kappa shape index (κ2) is 5.58. The summed E-state index contributed by atoms with van der Waals surface area (Å²) >= 11 is 0. The molecule has 22 heavy (non-hydrogen) atoms. The highest BCUT2D eigenvalue weighted by atomic mass is 16.5. The summed E-state index contributed by atoms with van der Waals surface area (Å²) < 4.78 is 6.00. The summed E-state index contributed by atoms with van der Waals surface area (Å²) in [6.45, 7) is 1.49. The van der Waals surface area contributed by atoms with Gasteiger partial charge in [0.1, 0.15) is 5.75 Å². The molecular formula is C18H24N2O2. The van der Waals surface area contributed by atoms with Gasteiger partial charge in [-0.05, 0) is 56.1 Å². The van der Waals surface area contributed by atoms with Crippen LogP contribution in [-0.4, -0.2) is 36.0 Å². The van der Waals surface area contributed by atoms with Crippen molar-refractivity contribution in [1.82, 2.24) is 4.90 Å². The Morgan fingerprint density at radius 2 is 1.91 bits per heavy atom. The number of carbonyl (C=O) groups excluding carboxylic acids is 1. The Balaban J connectivity index is 1.50. The second-order valence-electron chi connectivity index (χ2n) is 7.04. The van der Waals surface area contributed by atoms with Crippen LogP contribution in [0.3, 0.4) is 0 Å². The number of hydrogen-bond acceptors (Lipinski definition) is 3.